The largest absolute Gasteiger partial charge is 0.497 e. The van der Waals surface area contributed by atoms with E-state index in [2.05, 4.69) is 45.3 Å². The smallest absolute Gasteiger partial charge is 0.122 e. The van der Waals surface area contributed by atoms with Crippen molar-refractivity contribution in [2.75, 3.05) is 39.8 Å². The Morgan fingerprint density at radius 1 is 1.25 bits per heavy atom. The number of hydrogen-bond donors (Lipinski definition) is 3. The predicted molar refractivity (Wildman–Crippen MR) is 110 cm³/mol. The van der Waals surface area contributed by atoms with Crippen LogP contribution in [0.1, 0.15) is 42.0 Å². The standard InChI is InChI=1S/C22H32N4O2/c1-16-8-9-21(28-16)22-18(14-24-25-22)13-23-15-20(26-10-3-4-11-26)17-6-5-7-19(12-17)27-2/h5-9,12,18,20,22-25H,3-4,10-11,13-15H2,1-2H3. The summed E-state index contributed by atoms with van der Waals surface area (Å²) in [4.78, 5) is 2.60. The zero-order valence-corrected chi connectivity index (χ0v) is 16.9. The number of aryl methyl sites for hydroxylation is 1. The van der Waals surface area contributed by atoms with Gasteiger partial charge in [0.1, 0.15) is 17.3 Å². The number of nitrogens with one attached hydrogen (secondary N) is 3. The zero-order chi connectivity index (χ0) is 19.3. The topological polar surface area (TPSA) is 61.7 Å². The number of likely N-dealkylation sites (tertiary alicyclic amines) is 1. The van der Waals surface area contributed by atoms with Crippen molar-refractivity contribution in [2.45, 2.75) is 31.8 Å². The van der Waals surface area contributed by atoms with Gasteiger partial charge in [0, 0.05) is 31.6 Å². The first-order valence-electron chi connectivity index (χ1n) is 10.4. The van der Waals surface area contributed by atoms with E-state index in [0.29, 0.717) is 12.0 Å². The summed E-state index contributed by atoms with van der Waals surface area (Å²) < 4.78 is 11.3. The molecule has 3 atom stereocenters. The normalized spacial score (nSPS) is 23.9. The summed E-state index contributed by atoms with van der Waals surface area (Å²) >= 11 is 0. The van der Waals surface area contributed by atoms with Gasteiger partial charge in [0.25, 0.3) is 0 Å². The lowest BCUT2D eigenvalue weighted by Gasteiger charge is -2.29. The lowest BCUT2D eigenvalue weighted by atomic mass is 9.99. The summed E-state index contributed by atoms with van der Waals surface area (Å²) in [5.74, 6) is 3.36. The number of benzene rings is 1. The second kappa shape index (κ2) is 9.09. The monoisotopic (exact) mass is 384 g/mol. The molecule has 0 aliphatic carbocycles. The highest BCUT2D eigenvalue weighted by Crippen LogP contribution is 2.28. The van der Waals surface area contributed by atoms with Crippen LogP contribution >= 0.6 is 0 Å². The summed E-state index contributed by atoms with van der Waals surface area (Å²) in [7, 11) is 1.73. The summed E-state index contributed by atoms with van der Waals surface area (Å²) in [6.45, 7) is 7.15. The lowest BCUT2D eigenvalue weighted by Crippen LogP contribution is -2.37. The van der Waals surface area contributed by atoms with Crippen LogP contribution in [0.15, 0.2) is 40.8 Å². The van der Waals surface area contributed by atoms with E-state index in [9.17, 15) is 0 Å². The molecule has 28 heavy (non-hydrogen) atoms. The number of methoxy groups -OCH3 is 1. The van der Waals surface area contributed by atoms with Gasteiger partial charge in [0.15, 0.2) is 0 Å². The van der Waals surface area contributed by atoms with Gasteiger partial charge in [-0.2, -0.15) is 0 Å². The van der Waals surface area contributed by atoms with Gasteiger partial charge in [-0.05, 0) is 62.7 Å². The molecular weight excluding hydrogens is 352 g/mol. The summed E-state index contributed by atoms with van der Waals surface area (Å²) in [5.41, 5.74) is 7.99. The lowest BCUT2D eigenvalue weighted by molar-refractivity contribution is 0.233. The average Bonchev–Trinajstić information content (AvgIpc) is 3.47. The fraction of sp³-hybridized carbons (Fsp3) is 0.545. The first kappa shape index (κ1) is 19.5. The first-order valence-corrected chi connectivity index (χ1v) is 10.4. The number of furan rings is 1. The minimum atomic E-state index is 0.211. The van der Waals surface area contributed by atoms with Gasteiger partial charge in [-0.15, -0.1) is 0 Å². The Kier molecular flexibility index (Phi) is 6.32. The van der Waals surface area contributed by atoms with E-state index in [1.165, 1.54) is 31.5 Å². The van der Waals surface area contributed by atoms with Gasteiger partial charge in [-0.1, -0.05) is 12.1 Å². The Morgan fingerprint density at radius 2 is 2.11 bits per heavy atom. The van der Waals surface area contributed by atoms with Crippen LogP contribution < -0.4 is 20.9 Å². The van der Waals surface area contributed by atoms with Crippen LogP contribution in [0, 0.1) is 12.8 Å². The molecule has 4 rings (SSSR count). The number of rotatable bonds is 8. The molecule has 2 fully saturated rings. The van der Waals surface area contributed by atoms with Crippen molar-refractivity contribution in [3.05, 3.63) is 53.5 Å². The second-order valence-electron chi connectivity index (χ2n) is 7.91. The highest BCUT2D eigenvalue weighted by atomic mass is 16.5. The molecule has 1 aromatic carbocycles. The SMILES string of the molecule is COc1cccc(C(CNCC2CNNC2c2ccc(C)o2)N2CCCC2)c1. The molecule has 6 heteroatoms. The van der Waals surface area contributed by atoms with Gasteiger partial charge in [0.2, 0.25) is 0 Å². The van der Waals surface area contributed by atoms with Gasteiger partial charge >= 0.3 is 0 Å². The van der Waals surface area contributed by atoms with Crippen molar-refractivity contribution < 1.29 is 9.15 Å². The summed E-state index contributed by atoms with van der Waals surface area (Å²) in [6.07, 6.45) is 2.58. The van der Waals surface area contributed by atoms with E-state index in [0.717, 1.165) is 36.9 Å². The third-order valence-corrected chi connectivity index (χ3v) is 5.97. The van der Waals surface area contributed by atoms with Gasteiger partial charge in [-0.3, -0.25) is 10.3 Å². The molecule has 0 saturated carbocycles. The molecular formula is C22H32N4O2. The van der Waals surface area contributed by atoms with Gasteiger partial charge in [-0.25, -0.2) is 5.43 Å². The maximum atomic E-state index is 5.85. The van der Waals surface area contributed by atoms with Crippen molar-refractivity contribution in [3.63, 3.8) is 0 Å². The van der Waals surface area contributed by atoms with Crippen LogP contribution in [0.4, 0.5) is 0 Å². The maximum Gasteiger partial charge on any atom is 0.122 e. The summed E-state index contributed by atoms with van der Waals surface area (Å²) in [6, 6.07) is 13.2. The van der Waals surface area contributed by atoms with E-state index >= 15 is 0 Å². The quantitative estimate of drug-likeness (QED) is 0.651. The van der Waals surface area contributed by atoms with E-state index in [4.69, 9.17) is 9.15 Å². The van der Waals surface area contributed by atoms with E-state index in [-0.39, 0.29) is 6.04 Å². The molecule has 3 unspecified atom stereocenters. The highest BCUT2D eigenvalue weighted by Gasteiger charge is 2.31. The van der Waals surface area contributed by atoms with E-state index in [1.807, 2.05) is 19.1 Å². The Bertz CT molecular complexity index is 756. The van der Waals surface area contributed by atoms with Crippen LogP contribution in [-0.4, -0.2) is 44.7 Å². The maximum absolute atomic E-state index is 5.85. The molecule has 2 aliphatic heterocycles. The van der Waals surface area contributed by atoms with Crippen molar-refractivity contribution in [1.29, 1.82) is 0 Å². The van der Waals surface area contributed by atoms with Crippen LogP contribution in [0.2, 0.25) is 0 Å². The van der Waals surface area contributed by atoms with E-state index in [1.54, 1.807) is 7.11 Å². The Labute approximate surface area is 167 Å². The second-order valence-corrected chi connectivity index (χ2v) is 7.91. The number of hydrazine groups is 1. The van der Waals surface area contributed by atoms with Gasteiger partial charge < -0.3 is 14.5 Å². The van der Waals surface area contributed by atoms with Crippen LogP contribution in [0.5, 0.6) is 5.75 Å². The Balaban J connectivity index is 1.40. The minimum Gasteiger partial charge on any atom is -0.497 e. The van der Waals surface area contributed by atoms with E-state index < -0.39 is 0 Å². The molecule has 2 saturated heterocycles. The van der Waals surface area contributed by atoms with Crippen molar-refractivity contribution in [2.24, 2.45) is 5.92 Å². The molecule has 1 aromatic heterocycles. The van der Waals surface area contributed by atoms with Crippen molar-refractivity contribution in [1.82, 2.24) is 21.1 Å². The third kappa shape index (κ3) is 4.41. The number of nitrogens with zero attached hydrogens (tertiary/aromatic N) is 1. The van der Waals surface area contributed by atoms with Gasteiger partial charge in [0.05, 0.1) is 13.2 Å². The Hall–Kier alpha value is -1.86. The Morgan fingerprint density at radius 3 is 2.86 bits per heavy atom. The summed E-state index contributed by atoms with van der Waals surface area (Å²) in [5, 5.41) is 3.74. The minimum absolute atomic E-state index is 0.211. The molecule has 0 spiro atoms. The average molecular weight is 385 g/mol. The third-order valence-electron chi connectivity index (χ3n) is 5.97. The van der Waals surface area contributed by atoms with Crippen molar-refractivity contribution >= 4 is 0 Å². The predicted octanol–water partition coefficient (Wildman–Crippen LogP) is 2.79. The van der Waals surface area contributed by atoms with Crippen LogP contribution in [0.25, 0.3) is 0 Å². The molecule has 3 N–H and O–H groups in total. The molecule has 0 radical (unpaired) electrons. The van der Waals surface area contributed by atoms with Crippen molar-refractivity contribution in [3.8, 4) is 5.75 Å². The number of hydrogen-bond acceptors (Lipinski definition) is 6. The van der Waals surface area contributed by atoms with Crippen LogP contribution in [-0.2, 0) is 0 Å². The van der Waals surface area contributed by atoms with Crippen LogP contribution in [0.3, 0.4) is 0 Å². The molecule has 0 amide bonds. The molecule has 2 aromatic rings. The number of ether oxygens (including phenoxy) is 1. The molecule has 0 bridgehead atoms. The zero-order valence-electron chi connectivity index (χ0n) is 16.9. The first-order chi connectivity index (χ1) is 13.7. The molecule has 6 nitrogen and oxygen atoms in total. The fourth-order valence-corrected chi connectivity index (χ4v) is 4.41. The molecule has 152 valence electrons. The fourth-order valence-electron chi connectivity index (χ4n) is 4.41. The highest BCUT2D eigenvalue weighted by molar-refractivity contribution is 5.31. The molecule has 3 heterocycles. The molecule has 2 aliphatic rings.